The molecule has 3 aromatic rings. The topological polar surface area (TPSA) is 34.0 Å². The van der Waals surface area contributed by atoms with Crippen molar-refractivity contribution in [3.63, 3.8) is 0 Å². The van der Waals surface area contributed by atoms with Gasteiger partial charge >= 0.3 is 0 Å². The van der Waals surface area contributed by atoms with Crippen molar-refractivity contribution in [2.75, 3.05) is 11.4 Å². The molecule has 0 saturated heterocycles. The Morgan fingerprint density at radius 2 is 1.61 bits per heavy atom. The van der Waals surface area contributed by atoms with Crippen molar-refractivity contribution < 1.29 is 0 Å². The third-order valence-electron chi connectivity index (χ3n) is 4.10. The lowest BCUT2D eigenvalue weighted by Crippen LogP contribution is -2.14. The third-order valence-corrected chi connectivity index (χ3v) is 5.24. The van der Waals surface area contributed by atoms with Crippen LogP contribution in [0.15, 0.2) is 65.8 Å². The van der Waals surface area contributed by atoms with Crippen molar-refractivity contribution in [3.8, 4) is 0 Å². The number of benzene rings is 2. The Morgan fingerprint density at radius 3 is 2.35 bits per heavy atom. The first-order chi connectivity index (χ1) is 11.3. The maximum atomic E-state index is 4.42. The van der Waals surface area contributed by atoms with Gasteiger partial charge in [0.05, 0.1) is 0 Å². The van der Waals surface area contributed by atoms with Crippen molar-refractivity contribution in [2.45, 2.75) is 23.9 Å². The van der Waals surface area contributed by atoms with Gasteiger partial charge in [-0.3, -0.25) is 4.57 Å². The first-order valence-corrected chi connectivity index (χ1v) is 8.68. The zero-order chi connectivity index (χ0) is 15.6. The SMILES string of the molecule is C[C@@H](Sc1nnc2n1CCN2c1ccccc1)c1ccccc1. The van der Waals surface area contributed by atoms with Crippen LogP contribution in [0.3, 0.4) is 0 Å². The van der Waals surface area contributed by atoms with E-state index >= 15 is 0 Å². The molecule has 0 radical (unpaired) electrons. The summed E-state index contributed by atoms with van der Waals surface area (Å²) in [7, 11) is 0. The van der Waals surface area contributed by atoms with E-state index in [9.17, 15) is 0 Å². The summed E-state index contributed by atoms with van der Waals surface area (Å²) in [5, 5.41) is 10.2. The summed E-state index contributed by atoms with van der Waals surface area (Å²) < 4.78 is 2.22. The molecule has 1 atom stereocenters. The fourth-order valence-corrected chi connectivity index (χ4v) is 3.86. The standard InChI is InChI=1S/C18H18N4S/c1-14(15-8-4-2-5-9-15)23-18-20-19-17-21(12-13-22(17)18)16-10-6-3-7-11-16/h2-11,14H,12-13H2,1H3/t14-/m1/s1. The Kier molecular flexibility index (Phi) is 3.79. The Hall–Kier alpha value is -2.27. The van der Waals surface area contributed by atoms with Gasteiger partial charge in [0.1, 0.15) is 0 Å². The second-order valence-electron chi connectivity index (χ2n) is 5.59. The van der Waals surface area contributed by atoms with Crippen LogP contribution in [-0.4, -0.2) is 21.3 Å². The fraction of sp³-hybridized carbons (Fsp3) is 0.222. The Morgan fingerprint density at radius 1 is 0.913 bits per heavy atom. The van der Waals surface area contributed by atoms with E-state index in [0.29, 0.717) is 5.25 Å². The van der Waals surface area contributed by atoms with Crippen LogP contribution in [0, 0.1) is 0 Å². The number of para-hydroxylation sites is 1. The predicted molar refractivity (Wildman–Crippen MR) is 94.2 cm³/mol. The highest BCUT2D eigenvalue weighted by Gasteiger charge is 2.26. The molecule has 0 N–H and O–H groups in total. The van der Waals surface area contributed by atoms with Gasteiger partial charge < -0.3 is 4.90 Å². The lowest BCUT2D eigenvalue weighted by Gasteiger charge is -2.14. The molecule has 116 valence electrons. The lowest BCUT2D eigenvalue weighted by atomic mass is 10.2. The zero-order valence-electron chi connectivity index (χ0n) is 13.0. The van der Waals surface area contributed by atoms with E-state index in [0.717, 1.165) is 24.2 Å². The Balaban J connectivity index is 1.57. The third kappa shape index (κ3) is 2.72. The van der Waals surface area contributed by atoms with Crippen LogP contribution in [0.4, 0.5) is 11.6 Å². The van der Waals surface area contributed by atoms with Gasteiger partial charge in [-0.25, -0.2) is 0 Å². The Bertz CT molecular complexity index is 785. The van der Waals surface area contributed by atoms with Crippen molar-refractivity contribution in [1.29, 1.82) is 0 Å². The smallest absolute Gasteiger partial charge is 0.232 e. The summed E-state index contributed by atoms with van der Waals surface area (Å²) in [6.07, 6.45) is 0. The fourth-order valence-electron chi connectivity index (χ4n) is 2.87. The summed E-state index contributed by atoms with van der Waals surface area (Å²) in [5.74, 6) is 0.943. The molecule has 0 bridgehead atoms. The number of thioether (sulfide) groups is 1. The summed E-state index contributed by atoms with van der Waals surface area (Å²) in [4.78, 5) is 2.23. The molecule has 4 rings (SSSR count). The summed E-state index contributed by atoms with van der Waals surface area (Å²) in [6, 6.07) is 20.9. The number of anilines is 2. The van der Waals surface area contributed by atoms with Crippen LogP contribution in [0.2, 0.25) is 0 Å². The van der Waals surface area contributed by atoms with Gasteiger partial charge in [0.15, 0.2) is 5.16 Å². The van der Waals surface area contributed by atoms with Crippen molar-refractivity contribution in [3.05, 3.63) is 66.2 Å². The number of nitrogens with zero attached hydrogens (tertiary/aromatic N) is 4. The maximum absolute atomic E-state index is 4.42. The molecule has 1 aliphatic rings. The van der Waals surface area contributed by atoms with E-state index in [1.807, 2.05) is 12.1 Å². The molecule has 0 spiro atoms. The monoisotopic (exact) mass is 322 g/mol. The van der Waals surface area contributed by atoms with Gasteiger partial charge in [0, 0.05) is 24.0 Å². The molecule has 2 heterocycles. The van der Waals surface area contributed by atoms with Gasteiger partial charge in [0.2, 0.25) is 5.95 Å². The van der Waals surface area contributed by atoms with Gasteiger partial charge in [-0.1, -0.05) is 60.3 Å². The number of rotatable bonds is 4. The first-order valence-electron chi connectivity index (χ1n) is 7.80. The average Bonchev–Trinajstić information content (AvgIpc) is 3.19. The van der Waals surface area contributed by atoms with Crippen LogP contribution >= 0.6 is 11.8 Å². The van der Waals surface area contributed by atoms with E-state index < -0.39 is 0 Å². The molecule has 2 aromatic carbocycles. The highest BCUT2D eigenvalue weighted by molar-refractivity contribution is 7.99. The van der Waals surface area contributed by atoms with Crippen LogP contribution in [-0.2, 0) is 6.54 Å². The molecule has 23 heavy (non-hydrogen) atoms. The maximum Gasteiger partial charge on any atom is 0.232 e. The normalized spacial score (nSPS) is 14.7. The highest BCUT2D eigenvalue weighted by atomic mass is 32.2. The molecule has 0 unspecified atom stereocenters. The molecule has 5 heteroatoms. The minimum absolute atomic E-state index is 0.357. The van der Waals surface area contributed by atoms with Gasteiger partial charge in [0.25, 0.3) is 0 Å². The Labute approximate surface area is 140 Å². The summed E-state index contributed by atoms with van der Waals surface area (Å²) in [6.45, 7) is 4.09. The van der Waals surface area contributed by atoms with Crippen LogP contribution in [0.5, 0.6) is 0 Å². The van der Waals surface area contributed by atoms with E-state index in [1.165, 1.54) is 11.3 Å². The molecule has 0 amide bonds. The molecule has 0 aliphatic carbocycles. The van der Waals surface area contributed by atoms with Gasteiger partial charge in [-0.2, -0.15) is 0 Å². The molecular weight excluding hydrogens is 304 g/mol. The average molecular weight is 322 g/mol. The molecule has 4 nitrogen and oxygen atoms in total. The van der Waals surface area contributed by atoms with E-state index in [1.54, 1.807) is 11.8 Å². The van der Waals surface area contributed by atoms with Crippen molar-refractivity contribution in [2.24, 2.45) is 0 Å². The zero-order valence-corrected chi connectivity index (χ0v) is 13.8. The molecule has 0 fully saturated rings. The van der Waals surface area contributed by atoms with Gasteiger partial charge in [-0.05, 0) is 24.6 Å². The lowest BCUT2D eigenvalue weighted by molar-refractivity contribution is 0.702. The second kappa shape index (κ2) is 6.08. The van der Waals surface area contributed by atoms with Crippen LogP contribution < -0.4 is 4.90 Å². The minimum Gasteiger partial charge on any atom is -0.309 e. The molecule has 0 saturated carbocycles. The minimum atomic E-state index is 0.357. The number of hydrogen-bond donors (Lipinski definition) is 0. The largest absolute Gasteiger partial charge is 0.309 e. The number of hydrogen-bond acceptors (Lipinski definition) is 4. The van der Waals surface area contributed by atoms with Gasteiger partial charge in [-0.15, -0.1) is 10.2 Å². The molecular formula is C18H18N4S. The van der Waals surface area contributed by atoms with Crippen molar-refractivity contribution in [1.82, 2.24) is 14.8 Å². The van der Waals surface area contributed by atoms with Crippen LogP contribution in [0.1, 0.15) is 17.7 Å². The summed E-state index contributed by atoms with van der Waals surface area (Å²) in [5.41, 5.74) is 2.49. The van der Waals surface area contributed by atoms with E-state index in [-0.39, 0.29) is 0 Å². The van der Waals surface area contributed by atoms with E-state index in [2.05, 4.69) is 75.1 Å². The number of fused-ring (bicyclic) bond motifs is 1. The van der Waals surface area contributed by atoms with Crippen LogP contribution in [0.25, 0.3) is 0 Å². The summed E-state index contributed by atoms with van der Waals surface area (Å²) >= 11 is 1.77. The predicted octanol–water partition coefficient (Wildman–Crippen LogP) is 4.28. The second-order valence-corrected chi connectivity index (χ2v) is 6.90. The first kappa shape index (κ1) is 14.3. The quantitative estimate of drug-likeness (QED) is 0.671. The molecule has 1 aromatic heterocycles. The van der Waals surface area contributed by atoms with E-state index in [4.69, 9.17) is 0 Å². The number of aromatic nitrogens is 3. The molecule has 1 aliphatic heterocycles. The highest BCUT2D eigenvalue weighted by Crippen LogP contribution is 2.37. The van der Waals surface area contributed by atoms with Crippen molar-refractivity contribution >= 4 is 23.4 Å².